The lowest BCUT2D eigenvalue weighted by Gasteiger charge is -2.27. The molecule has 2 aromatic rings. The van der Waals surface area contributed by atoms with Gasteiger partial charge in [-0.05, 0) is 55.0 Å². The maximum Gasteiger partial charge on any atom is 0.433 e. The Morgan fingerprint density at radius 3 is 2.55 bits per heavy atom. The highest BCUT2D eigenvalue weighted by Gasteiger charge is 2.41. The number of halogens is 3. The quantitative estimate of drug-likeness (QED) is 0.210. The third kappa shape index (κ3) is 7.88. The van der Waals surface area contributed by atoms with Gasteiger partial charge in [-0.15, -0.1) is 0 Å². The Hall–Kier alpha value is -3.79. The van der Waals surface area contributed by atoms with Crippen molar-refractivity contribution in [2.45, 2.75) is 51.9 Å². The molecule has 1 aliphatic heterocycles. The van der Waals surface area contributed by atoms with Gasteiger partial charge >= 0.3 is 12.1 Å². The van der Waals surface area contributed by atoms with Gasteiger partial charge in [-0.1, -0.05) is 49.4 Å². The van der Waals surface area contributed by atoms with Crippen molar-refractivity contribution in [2.75, 3.05) is 26.8 Å². The molecule has 2 aromatic carbocycles. The molecule has 1 atom stereocenters. The molecule has 1 aliphatic rings. The smallest absolute Gasteiger partial charge is 0.433 e. The van der Waals surface area contributed by atoms with Crippen molar-refractivity contribution in [3.05, 3.63) is 94.0 Å². The summed E-state index contributed by atoms with van der Waals surface area (Å²) in [5.41, 5.74) is 1.65. The van der Waals surface area contributed by atoms with E-state index in [0.29, 0.717) is 44.5 Å². The number of aliphatic hydroxyl groups excluding tert-OH is 1. The molecule has 4 N–H and O–H groups in total. The summed E-state index contributed by atoms with van der Waals surface area (Å²) in [5, 5.41) is 23.6. The number of aryl methyl sites for hydroxylation is 1. The first kappa shape index (κ1) is 30.7. The van der Waals surface area contributed by atoms with Crippen molar-refractivity contribution in [2.24, 2.45) is 0 Å². The minimum atomic E-state index is -4.86. The van der Waals surface area contributed by atoms with Gasteiger partial charge in [0.05, 0.1) is 18.2 Å². The van der Waals surface area contributed by atoms with Crippen molar-refractivity contribution in [3.63, 3.8) is 0 Å². The van der Waals surface area contributed by atoms with Gasteiger partial charge < -0.3 is 25.4 Å². The number of allylic oxidation sites excluding steroid dienone is 2. The fourth-order valence-corrected chi connectivity index (χ4v) is 4.63. The molecular formula is C30H37F3N4O3. The van der Waals surface area contributed by atoms with Crippen LogP contribution in [0.15, 0.2) is 71.7 Å². The van der Waals surface area contributed by atoms with Crippen LogP contribution in [-0.2, 0) is 17.7 Å². The lowest BCUT2D eigenvalue weighted by atomic mass is 10.0. The normalized spacial score (nSPS) is 15.9. The van der Waals surface area contributed by atoms with Crippen molar-refractivity contribution in [1.82, 2.24) is 15.5 Å². The molecule has 3 rings (SSSR count). The Kier molecular flexibility index (Phi) is 10.8. The zero-order valence-corrected chi connectivity index (χ0v) is 23.1. The van der Waals surface area contributed by atoms with Crippen LogP contribution < -0.4 is 10.6 Å². The first-order chi connectivity index (χ1) is 19.1. The molecule has 0 spiro atoms. The number of hydrogen-bond donors (Lipinski definition) is 4. The second kappa shape index (κ2) is 14.0. The fraction of sp³-hybridized carbons (Fsp3) is 0.400. The van der Waals surface area contributed by atoms with Crippen LogP contribution in [0, 0.1) is 5.41 Å². The highest BCUT2D eigenvalue weighted by atomic mass is 19.4. The minimum Gasteiger partial charge on any atom is -0.465 e. The van der Waals surface area contributed by atoms with Crippen molar-refractivity contribution in [3.8, 4) is 0 Å². The zero-order valence-electron chi connectivity index (χ0n) is 23.1. The second-order valence-corrected chi connectivity index (χ2v) is 9.60. The molecule has 1 unspecified atom stereocenters. The van der Waals surface area contributed by atoms with Gasteiger partial charge in [0.2, 0.25) is 0 Å². The van der Waals surface area contributed by atoms with E-state index in [2.05, 4.69) is 10.6 Å². The summed E-state index contributed by atoms with van der Waals surface area (Å²) in [4.78, 5) is 13.6. The summed E-state index contributed by atoms with van der Waals surface area (Å²) in [6.07, 6.45) is -1.41. The maximum absolute atomic E-state index is 14.1. The number of ether oxygens (including phenoxy) is 1. The van der Waals surface area contributed by atoms with Crippen LogP contribution in [0.5, 0.6) is 0 Å². The average molecular weight is 559 g/mol. The highest BCUT2D eigenvalue weighted by Crippen LogP contribution is 2.31. The molecule has 0 radical (unpaired) electrons. The number of benzene rings is 2. The summed E-state index contributed by atoms with van der Waals surface area (Å²) in [7, 11) is 1.29. The predicted octanol–water partition coefficient (Wildman–Crippen LogP) is 5.24. The summed E-state index contributed by atoms with van der Waals surface area (Å²) in [6, 6.07) is 14.0. The third-order valence-corrected chi connectivity index (χ3v) is 6.63. The van der Waals surface area contributed by atoms with Gasteiger partial charge in [0.1, 0.15) is 11.5 Å². The van der Waals surface area contributed by atoms with Gasteiger partial charge in [0.15, 0.2) is 0 Å². The van der Waals surface area contributed by atoms with Gasteiger partial charge in [0, 0.05) is 38.0 Å². The van der Waals surface area contributed by atoms with Crippen LogP contribution in [0.25, 0.3) is 0 Å². The van der Waals surface area contributed by atoms with E-state index in [-0.39, 0.29) is 23.7 Å². The number of rotatable bonds is 12. The van der Waals surface area contributed by atoms with E-state index < -0.39 is 23.9 Å². The van der Waals surface area contributed by atoms with Crippen LogP contribution in [0.3, 0.4) is 0 Å². The van der Waals surface area contributed by atoms with E-state index >= 15 is 0 Å². The molecule has 0 amide bonds. The zero-order chi connectivity index (χ0) is 29.3. The molecule has 0 bridgehead atoms. The van der Waals surface area contributed by atoms with Gasteiger partial charge in [-0.2, -0.15) is 13.2 Å². The van der Waals surface area contributed by atoms with Crippen LogP contribution in [0.1, 0.15) is 59.8 Å². The number of carbonyl (C=O) groups excluding carboxylic acids is 1. The van der Waals surface area contributed by atoms with Gasteiger partial charge in [-0.3, -0.25) is 5.41 Å². The topological polar surface area (TPSA) is 97.7 Å². The Bertz CT molecular complexity index is 1240. The molecule has 40 heavy (non-hydrogen) atoms. The van der Waals surface area contributed by atoms with Gasteiger partial charge in [0.25, 0.3) is 0 Å². The Balaban J connectivity index is 1.97. The van der Waals surface area contributed by atoms with E-state index in [1.807, 2.05) is 43.0 Å². The van der Waals surface area contributed by atoms with Crippen LogP contribution >= 0.6 is 0 Å². The molecule has 1 saturated heterocycles. The monoisotopic (exact) mass is 558 g/mol. The minimum absolute atomic E-state index is 0.0868. The Labute approximate surface area is 233 Å². The fourth-order valence-electron chi connectivity index (χ4n) is 4.63. The lowest BCUT2D eigenvalue weighted by Crippen LogP contribution is -2.34. The van der Waals surface area contributed by atoms with E-state index in [0.717, 1.165) is 16.7 Å². The molecule has 1 fully saturated rings. The van der Waals surface area contributed by atoms with E-state index in [1.165, 1.54) is 7.11 Å². The number of hydrogen-bond acceptors (Lipinski definition) is 7. The Morgan fingerprint density at radius 1 is 1.23 bits per heavy atom. The van der Waals surface area contributed by atoms with Crippen LogP contribution in [0.2, 0.25) is 0 Å². The van der Waals surface area contributed by atoms with Gasteiger partial charge in [-0.25, -0.2) is 4.79 Å². The average Bonchev–Trinajstić information content (AvgIpc) is 3.38. The molecule has 0 aromatic heterocycles. The number of alkyl halides is 3. The van der Waals surface area contributed by atoms with E-state index in [4.69, 9.17) is 15.3 Å². The lowest BCUT2D eigenvalue weighted by molar-refractivity contribution is -0.0590. The number of methoxy groups -OCH3 is 1. The third-order valence-electron chi connectivity index (χ3n) is 6.63. The van der Waals surface area contributed by atoms with E-state index in [9.17, 15) is 18.0 Å². The molecular weight excluding hydrogens is 521 g/mol. The number of carbonyl (C=O) groups is 1. The Morgan fingerprint density at radius 2 is 1.93 bits per heavy atom. The molecule has 1 heterocycles. The van der Waals surface area contributed by atoms with Crippen LogP contribution in [0.4, 0.5) is 13.2 Å². The molecule has 10 heteroatoms. The highest BCUT2D eigenvalue weighted by molar-refractivity contribution is 6.05. The molecule has 0 aliphatic carbocycles. The summed E-state index contributed by atoms with van der Waals surface area (Å²) in [5.74, 6) is -0.223. The standard InChI is InChI=1S/C30H37F3N4O3/c1-4-7-25(36-20(2)23-11-13-24(14-12-23)29(39)40-3)26(27(34)30(31,32)33)28-35-15-16-37(28)19-22-9-5-8-21(18-22)10-6-17-38/h5,7-9,11-14,18,20,34-36,38H,4,6,10,15-17,19H2,1-3H3/b25-7-,28-26+,34-27?. The largest absolute Gasteiger partial charge is 0.465 e. The van der Waals surface area contributed by atoms with Crippen LogP contribution in [-0.4, -0.2) is 54.7 Å². The summed E-state index contributed by atoms with van der Waals surface area (Å²) >= 11 is 0. The second-order valence-electron chi connectivity index (χ2n) is 9.60. The molecule has 0 saturated carbocycles. The van der Waals surface area contributed by atoms with Crippen molar-refractivity contribution >= 4 is 11.7 Å². The number of nitrogens with zero attached hydrogens (tertiary/aromatic N) is 1. The van der Waals surface area contributed by atoms with Crippen molar-refractivity contribution in [1.29, 1.82) is 5.41 Å². The SMILES string of the molecule is CC/C=C(NC(C)c1ccc(C(=O)OC)cc1)/C(C(=N)C(F)(F)F)=C1/NCCN1Cc1cccc(CCCO)c1. The van der Waals surface area contributed by atoms with Crippen molar-refractivity contribution < 1.29 is 27.8 Å². The predicted molar refractivity (Wildman–Crippen MR) is 149 cm³/mol. The first-order valence-electron chi connectivity index (χ1n) is 13.3. The van der Waals surface area contributed by atoms with E-state index in [1.54, 1.807) is 30.3 Å². The maximum atomic E-state index is 14.1. The number of aliphatic hydroxyl groups is 1. The summed E-state index contributed by atoms with van der Waals surface area (Å²) in [6.45, 7) is 5.02. The first-order valence-corrected chi connectivity index (χ1v) is 13.3. The number of nitrogens with one attached hydrogen (secondary N) is 3. The molecule has 7 nitrogen and oxygen atoms in total. The number of esters is 1. The summed E-state index contributed by atoms with van der Waals surface area (Å²) < 4.78 is 46.9. The molecule has 216 valence electrons.